The number of anilines is 2. The second-order valence-electron chi connectivity index (χ2n) is 11.0. The number of methoxy groups -OCH3 is 1. The number of amides is 2. The first-order chi connectivity index (χ1) is 19.5. The molecule has 1 unspecified atom stereocenters. The SMILES string of the molecule is COc1cc(C(C)C)ncc1-c1nc2c(n1C(C)C)C1(C(=O)Nc3cc(Cl)ccc31)N(c1cc(Cl)ccc1C)C2=O. The first-order valence-electron chi connectivity index (χ1n) is 13.4. The second kappa shape index (κ2) is 9.60. The normalized spacial score (nSPS) is 17.6. The Balaban J connectivity index is 1.72. The average Bonchev–Trinajstić information content (AvgIpc) is 3.53. The van der Waals surface area contributed by atoms with Gasteiger partial charge in [-0.3, -0.25) is 19.5 Å². The molecule has 2 aromatic heterocycles. The average molecular weight is 591 g/mol. The van der Waals surface area contributed by atoms with Crippen molar-refractivity contribution in [3.8, 4) is 17.1 Å². The van der Waals surface area contributed by atoms with E-state index in [2.05, 4.69) is 24.1 Å². The first-order valence-corrected chi connectivity index (χ1v) is 14.1. The molecule has 0 bridgehead atoms. The summed E-state index contributed by atoms with van der Waals surface area (Å²) in [5.74, 6) is 0.485. The van der Waals surface area contributed by atoms with Crippen molar-refractivity contribution in [1.82, 2.24) is 14.5 Å². The maximum Gasteiger partial charge on any atom is 0.280 e. The highest BCUT2D eigenvalue weighted by molar-refractivity contribution is 6.32. The highest BCUT2D eigenvalue weighted by Gasteiger charge is 2.64. The number of nitrogens with one attached hydrogen (secondary N) is 1. The summed E-state index contributed by atoms with van der Waals surface area (Å²) < 4.78 is 7.73. The van der Waals surface area contributed by atoms with Crippen molar-refractivity contribution in [2.75, 3.05) is 17.3 Å². The Hall–Kier alpha value is -3.88. The van der Waals surface area contributed by atoms with Gasteiger partial charge in [-0.25, -0.2) is 4.98 Å². The number of pyridine rings is 1. The minimum absolute atomic E-state index is 0.181. The summed E-state index contributed by atoms with van der Waals surface area (Å²) in [6, 6.07) is 12.2. The van der Waals surface area contributed by atoms with Crippen LogP contribution in [0.4, 0.5) is 11.4 Å². The Bertz CT molecular complexity index is 1760. The molecule has 1 N–H and O–H groups in total. The molecule has 0 aliphatic carbocycles. The fraction of sp³-hybridized carbons (Fsp3) is 0.290. The van der Waals surface area contributed by atoms with Gasteiger partial charge in [0.15, 0.2) is 11.2 Å². The fourth-order valence-corrected chi connectivity index (χ4v) is 6.27. The maximum atomic E-state index is 14.5. The van der Waals surface area contributed by atoms with Crippen LogP contribution in [-0.2, 0) is 10.3 Å². The Morgan fingerprint density at radius 2 is 1.71 bits per heavy atom. The van der Waals surface area contributed by atoms with Gasteiger partial charge in [0, 0.05) is 45.3 Å². The molecule has 1 atom stereocenters. The van der Waals surface area contributed by atoms with Crippen LogP contribution in [0.25, 0.3) is 11.4 Å². The second-order valence-corrected chi connectivity index (χ2v) is 11.9. The summed E-state index contributed by atoms with van der Waals surface area (Å²) in [6.07, 6.45) is 1.73. The zero-order chi connectivity index (χ0) is 29.4. The number of carbonyl (C=O) groups is 2. The van der Waals surface area contributed by atoms with E-state index in [1.165, 1.54) is 4.90 Å². The van der Waals surface area contributed by atoms with E-state index >= 15 is 0 Å². The summed E-state index contributed by atoms with van der Waals surface area (Å²) in [4.78, 5) is 40.0. The lowest BCUT2D eigenvalue weighted by molar-refractivity contribution is -0.119. The van der Waals surface area contributed by atoms with E-state index in [4.69, 9.17) is 32.9 Å². The third-order valence-electron chi connectivity index (χ3n) is 7.81. The van der Waals surface area contributed by atoms with Crippen molar-refractivity contribution in [3.05, 3.63) is 86.9 Å². The van der Waals surface area contributed by atoms with Crippen molar-refractivity contribution >= 4 is 46.4 Å². The molecule has 2 amide bonds. The van der Waals surface area contributed by atoms with Crippen LogP contribution in [0.3, 0.4) is 0 Å². The number of imidazole rings is 1. The Kier molecular flexibility index (Phi) is 6.39. The van der Waals surface area contributed by atoms with Crippen LogP contribution >= 0.6 is 23.2 Å². The first kappa shape index (κ1) is 27.3. The van der Waals surface area contributed by atoms with Gasteiger partial charge in [-0.05, 0) is 56.5 Å². The van der Waals surface area contributed by atoms with Gasteiger partial charge in [0.2, 0.25) is 0 Å². The quantitative estimate of drug-likeness (QED) is 0.267. The third-order valence-corrected chi connectivity index (χ3v) is 8.28. The number of fused-ring (bicyclic) bond motifs is 4. The number of halogens is 2. The van der Waals surface area contributed by atoms with Gasteiger partial charge in [0.25, 0.3) is 11.8 Å². The number of aromatic nitrogens is 3. The molecule has 0 radical (unpaired) electrons. The predicted molar refractivity (Wildman–Crippen MR) is 160 cm³/mol. The number of carbonyl (C=O) groups excluding carboxylic acids is 2. The smallest absolute Gasteiger partial charge is 0.280 e. The standard InChI is InChI=1S/C31H29Cl2N5O3/c1-15(2)22-13-25(41-6)20(14-34-22)28-36-26-27(37(28)16(3)4)31(21-10-9-18(32)11-23(21)35-30(31)40)38(29(26)39)24-12-19(33)8-7-17(24)5/h7-16H,1-6H3,(H,35,40). The third kappa shape index (κ3) is 3.81. The van der Waals surface area contributed by atoms with Crippen LogP contribution in [0, 0.1) is 6.92 Å². The van der Waals surface area contributed by atoms with Crippen LogP contribution in [-0.4, -0.2) is 33.5 Å². The Morgan fingerprint density at radius 3 is 2.39 bits per heavy atom. The van der Waals surface area contributed by atoms with Gasteiger partial charge in [-0.2, -0.15) is 0 Å². The number of nitrogens with zero attached hydrogens (tertiary/aromatic N) is 4. The van der Waals surface area contributed by atoms with Crippen LogP contribution in [0.5, 0.6) is 5.75 Å². The van der Waals surface area contributed by atoms with Crippen molar-refractivity contribution < 1.29 is 14.3 Å². The van der Waals surface area contributed by atoms with E-state index in [-0.39, 0.29) is 23.6 Å². The molecular weight excluding hydrogens is 561 g/mol. The van der Waals surface area contributed by atoms with Crippen LogP contribution in [0.15, 0.2) is 48.7 Å². The number of aryl methyl sites for hydroxylation is 1. The Morgan fingerprint density at radius 1 is 1.00 bits per heavy atom. The summed E-state index contributed by atoms with van der Waals surface area (Å²) in [5.41, 5.74) is 3.04. The van der Waals surface area contributed by atoms with E-state index in [1.54, 1.807) is 43.6 Å². The number of benzene rings is 2. The lowest BCUT2D eigenvalue weighted by atomic mass is 9.86. The predicted octanol–water partition coefficient (Wildman–Crippen LogP) is 7.13. The molecular formula is C31H29Cl2N5O3. The van der Waals surface area contributed by atoms with Crippen LogP contribution in [0.1, 0.15) is 72.7 Å². The molecule has 210 valence electrons. The molecule has 2 aromatic carbocycles. The highest BCUT2D eigenvalue weighted by Crippen LogP contribution is 2.55. The zero-order valence-electron chi connectivity index (χ0n) is 23.5. The van der Waals surface area contributed by atoms with Crippen LogP contribution in [0.2, 0.25) is 10.0 Å². The molecule has 2 aliphatic heterocycles. The van der Waals surface area contributed by atoms with E-state index in [9.17, 15) is 9.59 Å². The van der Waals surface area contributed by atoms with Gasteiger partial charge in [0.1, 0.15) is 11.6 Å². The van der Waals surface area contributed by atoms with E-state index in [0.29, 0.717) is 49.8 Å². The molecule has 6 rings (SSSR count). The monoisotopic (exact) mass is 589 g/mol. The largest absolute Gasteiger partial charge is 0.496 e. The van der Waals surface area contributed by atoms with Gasteiger partial charge in [0.05, 0.1) is 24.1 Å². The lowest BCUT2D eigenvalue weighted by Gasteiger charge is -2.36. The zero-order valence-corrected chi connectivity index (χ0v) is 25.1. The molecule has 10 heteroatoms. The fourth-order valence-electron chi connectivity index (χ4n) is 5.93. The van der Waals surface area contributed by atoms with Crippen LogP contribution < -0.4 is 15.0 Å². The van der Waals surface area contributed by atoms with Crippen molar-refractivity contribution in [2.45, 2.75) is 52.1 Å². The molecule has 4 aromatic rings. The topological polar surface area (TPSA) is 89.3 Å². The molecule has 0 saturated heterocycles. The van der Waals surface area contributed by atoms with E-state index < -0.39 is 11.4 Å². The molecule has 41 heavy (non-hydrogen) atoms. The Labute approximate surface area is 248 Å². The molecule has 8 nitrogen and oxygen atoms in total. The van der Waals surface area contributed by atoms with Gasteiger partial charge in [-0.1, -0.05) is 49.2 Å². The maximum absolute atomic E-state index is 14.5. The van der Waals surface area contributed by atoms with E-state index in [0.717, 1.165) is 11.3 Å². The summed E-state index contributed by atoms with van der Waals surface area (Å²) in [5, 5.41) is 3.91. The minimum atomic E-state index is -1.56. The number of hydrogen-bond acceptors (Lipinski definition) is 5. The van der Waals surface area contributed by atoms with Gasteiger partial charge in [-0.15, -0.1) is 0 Å². The van der Waals surface area contributed by atoms with Crippen molar-refractivity contribution in [1.29, 1.82) is 0 Å². The number of hydrogen-bond donors (Lipinski definition) is 1. The van der Waals surface area contributed by atoms with Gasteiger partial charge < -0.3 is 14.6 Å². The molecule has 1 spiro atoms. The summed E-state index contributed by atoms with van der Waals surface area (Å²) >= 11 is 12.8. The van der Waals surface area contributed by atoms with Gasteiger partial charge >= 0.3 is 0 Å². The number of rotatable bonds is 5. The summed E-state index contributed by atoms with van der Waals surface area (Å²) in [7, 11) is 1.60. The van der Waals surface area contributed by atoms with Crippen molar-refractivity contribution in [2.24, 2.45) is 0 Å². The molecule has 0 saturated carbocycles. The lowest BCUT2D eigenvalue weighted by Crippen LogP contribution is -2.51. The molecule has 2 aliphatic rings. The molecule has 4 heterocycles. The highest BCUT2D eigenvalue weighted by atomic mass is 35.5. The summed E-state index contributed by atoms with van der Waals surface area (Å²) in [6.45, 7) is 9.99. The van der Waals surface area contributed by atoms with E-state index in [1.807, 2.05) is 37.5 Å². The molecule has 0 fully saturated rings. The van der Waals surface area contributed by atoms with Crippen molar-refractivity contribution in [3.63, 3.8) is 0 Å². The number of ether oxygens (including phenoxy) is 1. The minimum Gasteiger partial charge on any atom is -0.496 e.